The fourth-order valence-electron chi connectivity index (χ4n) is 3.32. The lowest BCUT2D eigenvalue weighted by Gasteiger charge is -2.38. The van der Waals surface area contributed by atoms with Crippen molar-refractivity contribution in [1.82, 2.24) is 5.32 Å². The highest BCUT2D eigenvalue weighted by molar-refractivity contribution is 6.05. The third-order valence-corrected chi connectivity index (χ3v) is 4.55. The average Bonchev–Trinajstić information content (AvgIpc) is 2.97. The van der Waals surface area contributed by atoms with Crippen LogP contribution in [0.15, 0.2) is 18.2 Å². The molecule has 124 valence electrons. The van der Waals surface area contributed by atoms with Gasteiger partial charge in [-0.05, 0) is 51.3 Å². The van der Waals surface area contributed by atoms with Gasteiger partial charge in [0.1, 0.15) is 12.3 Å². The number of rotatable bonds is 3. The number of ether oxygens (including phenoxy) is 1. The molecule has 1 aromatic carbocycles. The van der Waals surface area contributed by atoms with Crippen molar-refractivity contribution in [3.63, 3.8) is 0 Å². The quantitative estimate of drug-likeness (QED) is 0.932. The van der Waals surface area contributed by atoms with E-state index in [1.165, 1.54) is 0 Å². The number of anilines is 1. The average molecular weight is 316 g/mol. The summed E-state index contributed by atoms with van der Waals surface area (Å²) in [5, 5.41) is 3.05. The first-order valence-electron chi connectivity index (χ1n) is 8.28. The van der Waals surface area contributed by atoms with Gasteiger partial charge >= 0.3 is 0 Å². The van der Waals surface area contributed by atoms with E-state index in [2.05, 4.69) is 5.32 Å². The molecule has 0 bridgehead atoms. The summed E-state index contributed by atoms with van der Waals surface area (Å²) in [7, 11) is 0. The van der Waals surface area contributed by atoms with Gasteiger partial charge in [0.15, 0.2) is 5.60 Å². The van der Waals surface area contributed by atoms with Crippen LogP contribution in [0.3, 0.4) is 0 Å². The van der Waals surface area contributed by atoms with Gasteiger partial charge in [0.2, 0.25) is 5.91 Å². The van der Waals surface area contributed by atoms with Crippen LogP contribution in [0.25, 0.3) is 0 Å². The molecule has 1 heterocycles. The zero-order chi connectivity index (χ0) is 16.6. The number of nitrogens with one attached hydrogen (secondary N) is 1. The summed E-state index contributed by atoms with van der Waals surface area (Å²) >= 11 is 0. The van der Waals surface area contributed by atoms with Gasteiger partial charge in [-0.1, -0.05) is 18.9 Å². The fraction of sp³-hybridized carbons (Fsp3) is 0.556. The van der Waals surface area contributed by atoms with Gasteiger partial charge in [0.25, 0.3) is 5.91 Å². The van der Waals surface area contributed by atoms with E-state index >= 15 is 0 Å². The molecule has 1 aliphatic heterocycles. The Morgan fingerprint density at radius 2 is 2.04 bits per heavy atom. The van der Waals surface area contributed by atoms with Crippen molar-refractivity contribution in [2.24, 2.45) is 0 Å². The minimum atomic E-state index is -0.962. The van der Waals surface area contributed by atoms with E-state index in [1.54, 1.807) is 18.7 Å². The van der Waals surface area contributed by atoms with E-state index in [9.17, 15) is 9.59 Å². The Balaban J connectivity index is 1.82. The second-order valence-electron chi connectivity index (χ2n) is 7.02. The van der Waals surface area contributed by atoms with Gasteiger partial charge in [-0.25, -0.2) is 0 Å². The molecule has 2 amide bonds. The minimum Gasteiger partial charge on any atom is -0.476 e. The minimum absolute atomic E-state index is 0.0403. The molecule has 1 saturated carbocycles. The SMILES string of the molecule is Cc1ccc2c(c1)N(CC(=O)NC1CCCC1)C(=O)C(C)(C)O2. The molecule has 0 aromatic heterocycles. The molecule has 1 aliphatic carbocycles. The topological polar surface area (TPSA) is 58.6 Å². The number of benzene rings is 1. The monoisotopic (exact) mass is 316 g/mol. The number of carbonyl (C=O) groups excluding carboxylic acids is 2. The molecule has 0 spiro atoms. The molecule has 23 heavy (non-hydrogen) atoms. The van der Waals surface area contributed by atoms with E-state index < -0.39 is 5.60 Å². The lowest BCUT2D eigenvalue weighted by atomic mass is 10.0. The maximum Gasteiger partial charge on any atom is 0.271 e. The van der Waals surface area contributed by atoms with E-state index in [0.717, 1.165) is 31.2 Å². The van der Waals surface area contributed by atoms with Crippen LogP contribution in [0.5, 0.6) is 5.75 Å². The maximum absolute atomic E-state index is 12.7. The molecule has 0 unspecified atom stereocenters. The van der Waals surface area contributed by atoms with Crippen molar-refractivity contribution >= 4 is 17.5 Å². The highest BCUT2D eigenvalue weighted by atomic mass is 16.5. The third kappa shape index (κ3) is 3.19. The molecule has 0 saturated heterocycles. The van der Waals surface area contributed by atoms with Gasteiger partial charge in [-0.2, -0.15) is 0 Å². The number of nitrogens with zero attached hydrogens (tertiary/aromatic N) is 1. The Morgan fingerprint density at radius 1 is 1.35 bits per heavy atom. The smallest absolute Gasteiger partial charge is 0.271 e. The summed E-state index contributed by atoms with van der Waals surface area (Å²) in [6.07, 6.45) is 4.39. The Labute approximate surface area is 137 Å². The summed E-state index contributed by atoms with van der Waals surface area (Å²) in [5.41, 5.74) is 0.743. The molecule has 0 atom stereocenters. The van der Waals surface area contributed by atoms with E-state index in [4.69, 9.17) is 4.74 Å². The van der Waals surface area contributed by atoms with Gasteiger partial charge in [0, 0.05) is 6.04 Å². The zero-order valence-corrected chi connectivity index (χ0v) is 14.0. The Hall–Kier alpha value is -2.04. The van der Waals surface area contributed by atoms with E-state index in [1.807, 2.05) is 25.1 Å². The predicted octanol–water partition coefficient (Wildman–Crippen LogP) is 2.56. The molecule has 1 fully saturated rings. The number of amides is 2. The summed E-state index contributed by atoms with van der Waals surface area (Å²) in [5.74, 6) is 0.362. The molecular formula is C18H24N2O3. The molecule has 0 radical (unpaired) electrons. The number of aryl methyl sites for hydroxylation is 1. The second kappa shape index (κ2) is 5.87. The van der Waals surface area contributed by atoms with Crippen molar-refractivity contribution in [3.05, 3.63) is 23.8 Å². The lowest BCUT2D eigenvalue weighted by molar-refractivity contribution is -0.134. The van der Waals surface area contributed by atoms with Crippen LogP contribution in [0.1, 0.15) is 45.1 Å². The zero-order valence-electron chi connectivity index (χ0n) is 14.0. The summed E-state index contributed by atoms with van der Waals surface area (Å²) < 4.78 is 5.81. The molecule has 1 N–H and O–H groups in total. The van der Waals surface area contributed by atoms with E-state index in [0.29, 0.717) is 11.4 Å². The van der Waals surface area contributed by atoms with E-state index in [-0.39, 0.29) is 24.4 Å². The largest absolute Gasteiger partial charge is 0.476 e. The van der Waals surface area contributed by atoms with Crippen LogP contribution in [-0.4, -0.2) is 30.0 Å². The van der Waals surface area contributed by atoms with Crippen molar-refractivity contribution in [1.29, 1.82) is 0 Å². The van der Waals surface area contributed by atoms with Crippen LogP contribution in [0.2, 0.25) is 0 Å². The predicted molar refractivity (Wildman–Crippen MR) is 88.6 cm³/mol. The molecule has 5 nitrogen and oxygen atoms in total. The maximum atomic E-state index is 12.7. The first kappa shape index (κ1) is 15.8. The highest BCUT2D eigenvalue weighted by Crippen LogP contribution is 2.38. The number of fused-ring (bicyclic) bond motifs is 1. The lowest BCUT2D eigenvalue weighted by Crippen LogP contribution is -2.55. The number of carbonyl (C=O) groups is 2. The van der Waals surface area contributed by atoms with Crippen molar-refractivity contribution in [2.45, 2.75) is 58.1 Å². The van der Waals surface area contributed by atoms with Gasteiger partial charge in [0.05, 0.1) is 5.69 Å². The Bertz CT molecular complexity index is 633. The van der Waals surface area contributed by atoms with Crippen molar-refractivity contribution < 1.29 is 14.3 Å². The van der Waals surface area contributed by atoms with Crippen LogP contribution >= 0.6 is 0 Å². The Kier molecular flexibility index (Phi) is 4.04. The highest BCUT2D eigenvalue weighted by Gasteiger charge is 2.41. The van der Waals surface area contributed by atoms with Crippen LogP contribution in [-0.2, 0) is 9.59 Å². The standard InChI is InChI=1S/C18H24N2O3/c1-12-8-9-15-14(10-12)20(17(22)18(2,3)23-15)11-16(21)19-13-6-4-5-7-13/h8-10,13H,4-7,11H2,1-3H3,(H,19,21). The first-order chi connectivity index (χ1) is 10.9. The molecule has 1 aromatic rings. The number of hydrogen-bond acceptors (Lipinski definition) is 3. The molecular weight excluding hydrogens is 292 g/mol. The van der Waals surface area contributed by atoms with Gasteiger partial charge in [-0.3, -0.25) is 14.5 Å². The van der Waals surface area contributed by atoms with Crippen LogP contribution in [0, 0.1) is 6.92 Å². The van der Waals surface area contributed by atoms with Crippen LogP contribution in [0.4, 0.5) is 5.69 Å². The van der Waals surface area contributed by atoms with Crippen molar-refractivity contribution in [2.75, 3.05) is 11.4 Å². The van der Waals surface area contributed by atoms with Crippen LogP contribution < -0.4 is 15.0 Å². The molecule has 2 aliphatic rings. The van der Waals surface area contributed by atoms with Gasteiger partial charge in [-0.15, -0.1) is 0 Å². The Morgan fingerprint density at radius 3 is 2.74 bits per heavy atom. The second-order valence-corrected chi connectivity index (χ2v) is 7.02. The number of hydrogen-bond donors (Lipinski definition) is 1. The summed E-state index contributed by atoms with van der Waals surface area (Å²) in [6.45, 7) is 5.47. The van der Waals surface area contributed by atoms with Crippen molar-refractivity contribution in [3.8, 4) is 5.75 Å². The third-order valence-electron chi connectivity index (χ3n) is 4.55. The molecule has 5 heteroatoms. The first-order valence-corrected chi connectivity index (χ1v) is 8.28. The fourth-order valence-corrected chi connectivity index (χ4v) is 3.32. The normalized spacial score (nSPS) is 20.1. The summed E-state index contributed by atoms with van der Waals surface area (Å²) in [4.78, 5) is 26.6. The molecule has 3 rings (SSSR count). The summed E-state index contributed by atoms with van der Waals surface area (Å²) in [6, 6.07) is 5.96. The van der Waals surface area contributed by atoms with Gasteiger partial charge < -0.3 is 10.1 Å².